The van der Waals surface area contributed by atoms with Gasteiger partial charge in [-0.05, 0) is 53.2 Å². The van der Waals surface area contributed by atoms with Crippen molar-refractivity contribution in [1.29, 1.82) is 0 Å². The summed E-state index contributed by atoms with van der Waals surface area (Å²) >= 11 is 9.15. The van der Waals surface area contributed by atoms with Gasteiger partial charge in [-0.1, -0.05) is 13.8 Å². The molecule has 0 N–H and O–H groups in total. The molecular formula is C13H16BrClF2. The molecule has 0 amide bonds. The molecule has 1 unspecified atom stereocenters. The first-order valence-electron chi connectivity index (χ1n) is 5.70. The van der Waals surface area contributed by atoms with Crippen molar-refractivity contribution in [1.82, 2.24) is 0 Å². The smallest absolute Gasteiger partial charge is 0.143 e. The molecule has 0 fully saturated rings. The first-order valence-corrected chi connectivity index (χ1v) is 6.93. The van der Waals surface area contributed by atoms with Gasteiger partial charge in [0.1, 0.15) is 11.6 Å². The number of hydrogen-bond donors (Lipinski definition) is 0. The summed E-state index contributed by atoms with van der Waals surface area (Å²) in [6.07, 6.45) is 1.84. The first-order chi connectivity index (χ1) is 7.93. The van der Waals surface area contributed by atoms with E-state index in [2.05, 4.69) is 15.9 Å². The van der Waals surface area contributed by atoms with Crippen LogP contribution in [0.4, 0.5) is 8.78 Å². The number of hydrogen-bond acceptors (Lipinski definition) is 0. The van der Waals surface area contributed by atoms with Crippen molar-refractivity contribution in [3.8, 4) is 0 Å². The fourth-order valence-electron chi connectivity index (χ4n) is 1.61. The summed E-state index contributed by atoms with van der Waals surface area (Å²) in [5, 5.41) is 0.0632. The van der Waals surface area contributed by atoms with Crippen LogP contribution in [0.5, 0.6) is 0 Å². The number of alkyl halides is 1. The summed E-state index contributed by atoms with van der Waals surface area (Å²) in [6, 6.07) is 2.66. The zero-order valence-electron chi connectivity index (χ0n) is 9.94. The molecule has 1 atom stereocenters. The van der Waals surface area contributed by atoms with E-state index >= 15 is 0 Å². The lowest BCUT2D eigenvalue weighted by atomic mass is 10.0. The van der Waals surface area contributed by atoms with Gasteiger partial charge in [0.05, 0.1) is 4.47 Å². The monoisotopic (exact) mass is 324 g/mol. The van der Waals surface area contributed by atoms with Crippen LogP contribution in [0.15, 0.2) is 16.6 Å². The van der Waals surface area contributed by atoms with Gasteiger partial charge >= 0.3 is 0 Å². The van der Waals surface area contributed by atoms with E-state index in [0.29, 0.717) is 23.2 Å². The lowest BCUT2D eigenvalue weighted by molar-refractivity contribution is 0.519. The van der Waals surface area contributed by atoms with E-state index in [1.807, 2.05) is 13.8 Å². The van der Waals surface area contributed by atoms with Crippen molar-refractivity contribution in [3.05, 3.63) is 33.8 Å². The van der Waals surface area contributed by atoms with Crippen LogP contribution < -0.4 is 0 Å². The van der Waals surface area contributed by atoms with Crippen molar-refractivity contribution in [3.63, 3.8) is 0 Å². The van der Waals surface area contributed by atoms with Crippen LogP contribution in [0.1, 0.15) is 32.3 Å². The minimum atomic E-state index is -0.499. The quantitative estimate of drug-likeness (QED) is 0.508. The molecule has 17 heavy (non-hydrogen) atoms. The molecule has 0 spiro atoms. The Balaban J connectivity index is 2.61. The fourth-order valence-corrected chi connectivity index (χ4v) is 2.13. The summed E-state index contributed by atoms with van der Waals surface area (Å²) in [6.45, 7) is 4.08. The molecule has 0 aliphatic rings. The van der Waals surface area contributed by atoms with Crippen LogP contribution in [0.3, 0.4) is 0 Å². The third-order valence-corrected chi connectivity index (χ3v) is 4.10. The Morgan fingerprint density at radius 3 is 2.53 bits per heavy atom. The second-order valence-corrected chi connectivity index (χ2v) is 5.89. The summed E-state index contributed by atoms with van der Waals surface area (Å²) in [5.41, 5.74) is 0.145. The summed E-state index contributed by atoms with van der Waals surface area (Å²) in [5.74, 6) is -0.601. The van der Waals surface area contributed by atoms with Gasteiger partial charge in [0, 0.05) is 10.9 Å². The van der Waals surface area contributed by atoms with Crippen LogP contribution in [0, 0.1) is 17.6 Å². The largest absolute Gasteiger partial charge is 0.207 e. The minimum absolute atomic E-state index is 0.0632. The highest BCUT2D eigenvalue weighted by Gasteiger charge is 2.14. The molecule has 0 aliphatic heterocycles. The van der Waals surface area contributed by atoms with Crippen molar-refractivity contribution >= 4 is 27.5 Å². The van der Waals surface area contributed by atoms with Crippen LogP contribution in [-0.4, -0.2) is 5.38 Å². The molecule has 0 aliphatic carbocycles. The molecule has 0 saturated carbocycles. The molecule has 0 aromatic heterocycles. The van der Waals surface area contributed by atoms with Crippen molar-refractivity contribution < 1.29 is 8.78 Å². The average Bonchev–Trinajstić information content (AvgIpc) is 2.28. The Bertz CT molecular complexity index is 380. The van der Waals surface area contributed by atoms with Gasteiger partial charge in [0.2, 0.25) is 0 Å². The zero-order valence-corrected chi connectivity index (χ0v) is 12.3. The Morgan fingerprint density at radius 2 is 1.94 bits per heavy atom. The molecule has 0 bridgehead atoms. The topological polar surface area (TPSA) is 0 Å². The number of rotatable bonds is 5. The first kappa shape index (κ1) is 14.9. The number of benzene rings is 1. The molecule has 96 valence electrons. The molecule has 0 nitrogen and oxygen atoms in total. The molecule has 0 heterocycles. The van der Waals surface area contributed by atoms with Crippen LogP contribution >= 0.6 is 27.5 Å². The predicted octanol–water partition coefficient (Wildman–Crippen LogP) is 5.31. The fraction of sp³-hybridized carbons (Fsp3) is 0.538. The lowest BCUT2D eigenvalue weighted by Crippen LogP contribution is -2.08. The van der Waals surface area contributed by atoms with Gasteiger partial charge in [-0.2, -0.15) is 0 Å². The maximum atomic E-state index is 13.6. The second kappa shape index (κ2) is 6.69. The molecule has 1 aromatic carbocycles. The van der Waals surface area contributed by atoms with Crippen molar-refractivity contribution in [2.24, 2.45) is 5.92 Å². The van der Waals surface area contributed by atoms with Crippen molar-refractivity contribution in [2.75, 3.05) is 0 Å². The van der Waals surface area contributed by atoms with Crippen LogP contribution in [-0.2, 0) is 6.42 Å². The second-order valence-electron chi connectivity index (χ2n) is 4.47. The molecule has 0 radical (unpaired) electrons. The number of halogens is 4. The Hall–Kier alpha value is -0.150. The van der Waals surface area contributed by atoms with E-state index in [9.17, 15) is 8.78 Å². The maximum absolute atomic E-state index is 13.6. The predicted molar refractivity (Wildman–Crippen MR) is 71.5 cm³/mol. The van der Waals surface area contributed by atoms with E-state index in [1.54, 1.807) is 0 Å². The molecular weight excluding hydrogens is 309 g/mol. The van der Waals surface area contributed by atoms with E-state index in [0.717, 1.165) is 6.42 Å². The summed E-state index contributed by atoms with van der Waals surface area (Å²) in [7, 11) is 0. The molecule has 4 heteroatoms. The van der Waals surface area contributed by atoms with Gasteiger partial charge in [-0.3, -0.25) is 0 Å². The highest BCUT2D eigenvalue weighted by atomic mass is 79.9. The third kappa shape index (κ3) is 4.22. The SMILES string of the molecule is CC(C)C(Cl)CCCc1c(F)ccc(Br)c1F. The standard InChI is InChI=1S/C13H16BrClF2/c1-8(2)11(15)5-3-4-9-12(16)7-6-10(14)13(9)17/h6-8,11H,3-5H2,1-2H3. The average molecular weight is 326 g/mol. The zero-order chi connectivity index (χ0) is 13.0. The van der Waals surface area contributed by atoms with Gasteiger partial charge in [-0.15, -0.1) is 11.6 Å². The van der Waals surface area contributed by atoms with E-state index in [1.165, 1.54) is 12.1 Å². The van der Waals surface area contributed by atoms with E-state index in [4.69, 9.17) is 11.6 Å². The maximum Gasteiger partial charge on any atom is 0.143 e. The molecule has 1 rings (SSSR count). The normalized spacial score (nSPS) is 13.1. The minimum Gasteiger partial charge on any atom is -0.207 e. The Labute approximate surface area is 114 Å². The molecule has 1 aromatic rings. The van der Waals surface area contributed by atoms with Crippen LogP contribution in [0.25, 0.3) is 0 Å². The highest BCUT2D eigenvalue weighted by molar-refractivity contribution is 9.10. The molecule has 0 saturated heterocycles. The van der Waals surface area contributed by atoms with Gasteiger partial charge in [0.15, 0.2) is 0 Å². The van der Waals surface area contributed by atoms with E-state index < -0.39 is 11.6 Å². The van der Waals surface area contributed by atoms with Gasteiger partial charge < -0.3 is 0 Å². The van der Waals surface area contributed by atoms with Gasteiger partial charge in [-0.25, -0.2) is 8.78 Å². The lowest BCUT2D eigenvalue weighted by Gasteiger charge is -2.13. The van der Waals surface area contributed by atoms with Crippen LogP contribution in [0.2, 0.25) is 0 Å². The Morgan fingerprint density at radius 1 is 1.29 bits per heavy atom. The summed E-state index contributed by atoms with van der Waals surface area (Å²) in [4.78, 5) is 0. The van der Waals surface area contributed by atoms with Gasteiger partial charge in [0.25, 0.3) is 0 Å². The highest BCUT2D eigenvalue weighted by Crippen LogP contribution is 2.24. The Kier molecular flexibility index (Phi) is 5.87. The van der Waals surface area contributed by atoms with E-state index in [-0.39, 0.29) is 10.9 Å². The summed E-state index contributed by atoms with van der Waals surface area (Å²) < 4.78 is 27.4. The third-order valence-electron chi connectivity index (χ3n) is 2.77. The van der Waals surface area contributed by atoms with Crippen molar-refractivity contribution in [2.45, 2.75) is 38.5 Å².